The number of sulfonamides is 1. The first-order chi connectivity index (χ1) is 12.3. The van der Waals surface area contributed by atoms with Crippen LogP contribution < -0.4 is 9.46 Å². The van der Waals surface area contributed by atoms with Crippen molar-refractivity contribution >= 4 is 21.7 Å². The lowest BCUT2D eigenvalue weighted by Crippen LogP contribution is -2.18. The molecule has 0 aliphatic carbocycles. The van der Waals surface area contributed by atoms with E-state index in [1.54, 1.807) is 11.6 Å². The van der Waals surface area contributed by atoms with Crippen LogP contribution in [0.25, 0.3) is 0 Å². The minimum absolute atomic E-state index is 0.110. The van der Waals surface area contributed by atoms with Crippen molar-refractivity contribution in [2.75, 3.05) is 17.9 Å². The van der Waals surface area contributed by atoms with Crippen molar-refractivity contribution in [1.82, 2.24) is 0 Å². The van der Waals surface area contributed by atoms with Crippen LogP contribution >= 0.6 is 0 Å². The first-order valence-corrected chi connectivity index (χ1v) is 8.78. The maximum absolute atomic E-state index is 14.4. The molecule has 0 heterocycles. The van der Waals surface area contributed by atoms with E-state index in [1.807, 2.05) is 0 Å². The Kier molecular flexibility index (Phi) is 6.09. The minimum atomic E-state index is -4.74. The summed E-state index contributed by atoms with van der Waals surface area (Å²) >= 11 is 0. The van der Waals surface area contributed by atoms with Gasteiger partial charge < -0.3 is 9.47 Å². The molecule has 0 fully saturated rings. The molecular formula is C16H14F3NO5S. The van der Waals surface area contributed by atoms with E-state index >= 15 is 0 Å². The summed E-state index contributed by atoms with van der Waals surface area (Å²) in [4.78, 5) is 10.00. The van der Waals surface area contributed by atoms with Gasteiger partial charge in [0.1, 0.15) is 11.6 Å². The molecule has 0 radical (unpaired) electrons. The van der Waals surface area contributed by atoms with Gasteiger partial charge >= 0.3 is 5.97 Å². The van der Waals surface area contributed by atoms with Crippen molar-refractivity contribution in [3.8, 4) is 5.75 Å². The smallest absolute Gasteiger partial charge is 0.344 e. The Morgan fingerprint density at radius 1 is 1.08 bits per heavy atom. The number of carbonyl (C=O) groups is 1. The van der Waals surface area contributed by atoms with Crippen molar-refractivity contribution in [1.29, 1.82) is 0 Å². The zero-order valence-electron chi connectivity index (χ0n) is 13.5. The van der Waals surface area contributed by atoms with E-state index in [0.29, 0.717) is 0 Å². The van der Waals surface area contributed by atoms with E-state index in [0.717, 1.165) is 30.3 Å². The van der Waals surface area contributed by atoms with Crippen LogP contribution in [-0.2, 0) is 19.6 Å². The third-order valence-electron chi connectivity index (χ3n) is 3.05. The molecule has 0 unspecified atom stereocenters. The molecule has 0 aromatic heterocycles. The molecule has 0 saturated heterocycles. The molecule has 26 heavy (non-hydrogen) atoms. The number of ether oxygens (including phenoxy) is 2. The van der Waals surface area contributed by atoms with Gasteiger partial charge in [-0.05, 0) is 31.2 Å². The molecule has 6 nitrogen and oxygen atoms in total. The Morgan fingerprint density at radius 2 is 1.69 bits per heavy atom. The molecule has 0 saturated carbocycles. The summed E-state index contributed by atoms with van der Waals surface area (Å²) in [5.74, 6) is -4.99. The summed E-state index contributed by atoms with van der Waals surface area (Å²) in [7, 11) is -4.74. The van der Waals surface area contributed by atoms with E-state index in [4.69, 9.17) is 4.74 Å². The SMILES string of the molecule is CCOC(=O)COc1cccc(NS(=O)(=O)c2c(F)cccc2F)c1F. The van der Waals surface area contributed by atoms with E-state index < -0.39 is 56.4 Å². The maximum Gasteiger partial charge on any atom is 0.344 e. The van der Waals surface area contributed by atoms with Crippen molar-refractivity contribution in [2.24, 2.45) is 0 Å². The predicted molar refractivity (Wildman–Crippen MR) is 85.7 cm³/mol. The lowest BCUT2D eigenvalue weighted by molar-refractivity contribution is -0.145. The van der Waals surface area contributed by atoms with Crippen LogP contribution in [0.15, 0.2) is 41.3 Å². The number of carbonyl (C=O) groups excluding carboxylic acids is 1. The highest BCUT2D eigenvalue weighted by Gasteiger charge is 2.25. The van der Waals surface area contributed by atoms with Gasteiger partial charge in [0.2, 0.25) is 0 Å². The minimum Gasteiger partial charge on any atom is -0.479 e. The quantitative estimate of drug-likeness (QED) is 0.737. The van der Waals surface area contributed by atoms with E-state index in [-0.39, 0.29) is 6.61 Å². The van der Waals surface area contributed by atoms with Crippen LogP contribution in [0.4, 0.5) is 18.9 Å². The third-order valence-corrected chi connectivity index (χ3v) is 4.46. The zero-order valence-corrected chi connectivity index (χ0v) is 14.3. The van der Waals surface area contributed by atoms with Gasteiger partial charge in [-0.3, -0.25) is 4.72 Å². The predicted octanol–water partition coefficient (Wildman–Crippen LogP) is 2.85. The van der Waals surface area contributed by atoms with Gasteiger partial charge in [-0.2, -0.15) is 0 Å². The fourth-order valence-electron chi connectivity index (χ4n) is 1.98. The molecule has 140 valence electrons. The summed E-state index contributed by atoms with van der Waals surface area (Å²) in [6, 6.07) is 5.92. The molecule has 0 aliphatic heterocycles. The monoisotopic (exact) mass is 389 g/mol. The van der Waals surface area contributed by atoms with Crippen LogP contribution in [-0.4, -0.2) is 27.6 Å². The number of hydrogen-bond acceptors (Lipinski definition) is 5. The fourth-order valence-corrected chi connectivity index (χ4v) is 3.17. The maximum atomic E-state index is 14.4. The Morgan fingerprint density at radius 3 is 2.31 bits per heavy atom. The summed E-state index contributed by atoms with van der Waals surface area (Å²) in [5, 5.41) is 0. The van der Waals surface area contributed by atoms with Crippen LogP contribution in [0.1, 0.15) is 6.92 Å². The van der Waals surface area contributed by atoms with Gasteiger partial charge in [-0.25, -0.2) is 26.4 Å². The molecule has 0 bridgehead atoms. The number of benzene rings is 2. The number of hydrogen-bond donors (Lipinski definition) is 1. The Balaban J connectivity index is 2.27. The number of halogens is 3. The lowest BCUT2D eigenvalue weighted by Gasteiger charge is -2.13. The summed E-state index contributed by atoms with van der Waals surface area (Å²) < 4.78 is 77.4. The topological polar surface area (TPSA) is 81.7 Å². The summed E-state index contributed by atoms with van der Waals surface area (Å²) in [5.41, 5.74) is -0.603. The van der Waals surface area contributed by atoms with Crippen LogP contribution in [0, 0.1) is 17.5 Å². The summed E-state index contributed by atoms with van der Waals surface area (Å²) in [6.07, 6.45) is 0. The molecular weight excluding hydrogens is 375 g/mol. The average Bonchev–Trinajstić information content (AvgIpc) is 2.55. The van der Waals surface area contributed by atoms with Crippen LogP contribution in [0.3, 0.4) is 0 Å². The molecule has 0 amide bonds. The molecule has 0 spiro atoms. The standard InChI is InChI=1S/C16H14F3NO5S/c1-2-24-14(21)9-25-13-8-4-7-12(15(13)19)20-26(22,23)16-10(17)5-3-6-11(16)18/h3-8,20H,2,9H2,1H3. The van der Waals surface area contributed by atoms with Crippen molar-refractivity contribution in [3.05, 3.63) is 53.8 Å². The van der Waals surface area contributed by atoms with E-state index in [2.05, 4.69) is 4.74 Å². The summed E-state index contributed by atoms with van der Waals surface area (Å²) in [6.45, 7) is 1.09. The van der Waals surface area contributed by atoms with Gasteiger partial charge in [0.15, 0.2) is 23.1 Å². The number of nitrogens with one attached hydrogen (secondary N) is 1. The first-order valence-electron chi connectivity index (χ1n) is 7.30. The molecule has 10 heteroatoms. The van der Waals surface area contributed by atoms with Crippen molar-refractivity contribution < 1.29 is 35.9 Å². The number of esters is 1. The molecule has 2 aromatic carbocycles. The van der Waals surface area contributed by atoms with Gasteiger partial charge in [0.25, 0.3) is 10.0 Å². The first kappa shape index (κ1) is 19.6. The van der Waals surface area contributed by atoms with Gasteiger partial charge in [0.05, 0.1) is 12.3 Å². The molecule has 2 rings (SSSR count). The van der Waals surface area contributed by atoms with Gasteiger partial charge in [-0.1, -0.05) is 12.1 Å². The Labute approximate surface area is 147 Å². The van der Waals surface area contributed by atoms with Crippen LogP contribution in [0.5, 0.6) is 5.75 Å². The highest BCUT2D eigenvalue weighted by atomic mass is 32.2. The van der Waals surface area contributed by atoms with Gasteiger partial charge in [-0.15, -0.1) is 0 Å². The fraction of sp³-hybridized carbons (Fsp3) is 0.188. The number of rotatable bonds is 7. The normalized spacial score (nSPS) is 11.1. The van der Waals surface area contributed by atoms with Crippen molar-refractivity contribution in [3.63, 3.8) is 0 Å². The highest BCUT2D eigenvalue weighted by Crippen LogP contribution is 2.28. The second-order valence-electron chi connectivity index (χ2n) is 4.87. The highest BCUT2D eigenvalue weighted by molar-refractivity contribution is 7.92. The average molecular weight is 389 g/mol. The second-order valence-corrected chi connectivity index (χ2v) is 6.49. The third kappa shape index (κ3) is 4.45. The molecule has 0 aliphatic rings. The molecule has 0 atom stereocenters. The second kappa shape index (κ2) is 8.09. The van der Waals surface area contributed by atoms with Crippen LogP contribution in [0.2, 0.25) is 0 Å². The van der Waals surface area contributed by atoms with E-state index in [9.17, 15) is 26.4 Å². The Hall–Kier alpha value is -2.75. The van der Waals surface area contributed by atoms with Crippen molar-refractivity contribution in [2.45, 2.75) is 11.8 Å². The Bertz CT molecular complexity index is 898. The lowest BCUT2D eigenvalue weighted by atomic mass is 10.3. The van der Waals surface area contributed by atoms with Gasteiger partial charge in [0, 0.05) is 0 Å². The van der Waals surface area contributed by atoms with E-state index in [1.165, 1.54) is 6.07 Å². The molecule has 2 aromatic rings. The zero-order chi connectivity index (χ0) is 19.3. The molecule has 1 N–H and O–H groups in total. The largest absolute Gasteiger partial charge is 0.479 e. The number of anilines is 1.